The Kier molecular flexibility index (Phi) is 5.13. The zero-order chi connectivity index (χ0) is 11.1. The first-order valence-corrected chi connectivity index (χ1v) is 3.95. The Morgan fingerprint density at radius 3 is 2.36 bits per heavy atom. The minimum atomic E-state index is -0.715. The summed E-state index contributed by atoms with van der Waals surface area (Å²) in [6, 6.07) is 0. The lowest BCUT2D eigenvalue weighted by Crippen LogP contribution is -2.08. The normalized spacial score (nSPS) is 11.6. The fraction of sp³-hybridized carbons (Fsp3) is 0.500. The zero-order valence-electron chi connectivity index (χ0n) is 7.94. The van der Waals surface area contributed by atoms with Crippen molar-refractivity contribution in [1.29, 1.82) is 0 Å². The largest absolute Gasteiger partial charge is 0.509 e. The Balaban J connectivity index is 4.56. The van der Waals surface area contributed by atoms with Crippen molar-refractivity contribution in [3.05, 3.63) is 16.4 Å². The number of Topliss-reactive ketones (excluding diaryl/α,β-unsaturated/α-hetero) is 1. The van der Waals surface area contributed by atoms with Crippen molar-refractivity contribution in [1.82, 2.24) is 0 Å². The molecule has 0 aliphatic carbocycles. The van der Waals surface area contributed by atoms with Crippen LogP contribution in [0.3, 0.4) is 0 Å². The molecule has 0 heterocycles. The zero-order valence-corrected chi connectivity index (χ0v) is 7.94. The van der Waals surface area contributed by atoms with Gasteiger partial charge in [0.2, 0.25) is 0 Å². The van der Waals surface area contributed by atoms with Gasteiger partial charge in [0.1, 0.15) is 12.2 Å². The third-order valence-electron chi connectivity index (χ3n) is 1.32. The molecule has 0 saturated heterocycles. The van der Waals surface area contributed by atoms with Crippen LogP contribution in [0, 0.1) is 4.91 Å². The first kappa shape index (κ1) is 12.3. The second-order valence-corrected chi connectivity index (χ2v) is 2.42. The molecule has 0 amide bonds. The highest BCUT2D eigenvalue weighted by atomic mass is 16.5. The second-order valence-electron chi connectivity index (χ2n) is 2.42. The number of hydrogen-bond donors (Lipinski definition) is 1. The van der Waals surface area contributed by atoms with Crippen molar-refractivity contribution in [2.75, 3.05) is 6.61 Å². The van der Waals surface area contributed by atoms with Gasteiger partial charge in [-0.05, 0) is 12.1 Å². The van der Waals surface area contributed by atoms with Crippen molar-refractivity contribution in [3.63, 3.8) is 0 Å². The number of allylic oxidation sites excluding steroid dienone is 1. The van der Waals surface area contributed by atoms with Crippen LogP contribution in [0.15, 0.2) is 16.6 Å². The van der Waals surface area contributed by atoms with E-state index in [9.17, 15) is 14.5 Å². The number of nitroso groups, excluding NO2 is 1. The van der Waals surface area contributed by atoms with Crippen LogP contribution >= 0.6 is 0 Å². The average molecular weight is 201 g/mol. The number of ketones is 1. The number of esters is 1. The molecule has 14 heavy (non-hydrogen) atoms. The molecule has 0 aromatic rings. The maximum atomic E-state index is 10.8. The molecule has 0 aromatic heterocycles. The van der Waals surface area contributed by atoms with Gasteiger partial charge in [-0.15, -0.1) is 4.91 Å². The molecule has 0 aliphatic rings. The molecule has 0 aromatic carbocycles. The summed E-state index contributed by atoms with van der Waals surface area (Å²) < 4.78 is 4.50. The van der Waals surface area contributed by atoms with Gasteiger partial charge in [-0.1, -0.05) is 0 Å². The first-order valence-electron chi connectivity index (χ1n) is 3.95. The monoisotopic (exact) mass is 201 g/mol. The van der Waals surface area contributed by atoms with Gasteiger partial charge in [0.05, 0.1) is 6.61 Å². The fourth-order valence-corrected chi connectivity index (χ4v) is 0.753. The van der Waals surface area contributed by atoms with Crippen molar-refractivity contribution >= 4 is 11.8 Å². The average Bonchev–Trinajstić information content (AvgIpc) is 2.04. The summed E-state index contributed by atoms with van der Waals surface area (Å²) in [5.41, 5.74) is -0.641. The van der Waals surface area contributed by atoms with Crippen molar-refractivity contribution < 1.29 is 19.4 Å². The van der Waals surface area contributed by atoms with Crippen molar-refractivity contribution in [2.45, 2.75) is 20.3 Å². The maximum Gasteiger partial charge on any atom is 0.313 e. The lowest BCUT2D eigenvalue weighted by Gasteiger charge is -2.01. The summed E-state index contributed by atoms with van der Waals surface area (Å²) in [6.07, 6.45) is -0.519. The van der Waals surface area contributed by atoms with E-state index in [0.29, 0.717) is 0 Å². The second kappa shape index (κ2) is 5.85. The van der Waals surface area contributed by atoms with E-state index >= 15 is 0 Å². The van der Waals surface area contributed by atoms with E-state index in [1.54, 1.807) is 6.92 Å². The molecular formula is C8H11NO5. The highest BCUT2D eigenvalue weighted by molar-refractivity contribution is 5.94. The molecule has 0 bridgehead atoms. The van der Waals surface area contributed by atoms with E-state index in [4.69, 9.17) is 5.11 Å². The summed E-state index contributed by atoms with van der Waals surface area (Å²) in [5, 5.41) is 11.5. The molecule has 0 aliphatic heterocycles. The smallest absolute Gasteiger partial charge is 0.313 e. The molecule has 0 spiro atoms. The molecule has 6 heteroatoms. The number of aliphatic hydroxyl groups excluding tert-OH is 1. The summed E-state index contributed by atoms with van der Waals surface area (Å²) in [4.78, 5) is 31.6. The molecule has 0 saturated carbocycles. The Bertz CT molecular complexity index is 281. The SMILES string of the molecule is CCOC(=O)CC(O)=C(N=O)C(C)=O. The Morgan fingerprint density at radius 2 is 2.00 bits per heavy atom. The molecule has 78 valence electrons. The van der Waals surface area contributed by atoms with Gasteiger partial charge in [-0.3, -0.25) is 9.59 Å². The Hall–Kier alpha value is -1.72. The van der Waals surface area contributed by atoms with Gasteiger partial charge < -0.3 is 9.84 Å². The Morgan fingerprint density at radius 1 is 1.43 bits per heavy atom. The summed E-state index contributed by atoms with van der Waals surface area (Å²) in [5.74, 6) is -2.07. The molecule has 6 nitrogen and oxygen atoms in total. The molecule has 0 radical (unpaired) electrons. The molecular weight excluding hydrogens is 190 g/mol. The van der Waals surface area contributed by atoms with Gasteiger partial charge in [-0.2, -0.15) is 0 Å². The van der Waals surface area contributed by atoms with Gasteiger partial charge >= 0.3 is 5.97 Å². The van der Waals surface area contributed by atoms with E-state index in [1.165, 1.54) is 0 Å². The molecule has 0 fully saturated rings. The van der Waals surface area contributed by atoms with Crippen LogP contribution in [0.25, 0.3) is 0 Å². The number of hydrogen-bond acceptors (Lipinski definition) is 6. The minimum Gasteiger partial charge on any atom is -0.509 e. The van der Waals surface area contributed by atoms with Crippen LogP contribution in [0.2, 0.25) is 0 Å². The molecule has 0 rings (SSSR count). The van der Waals surface area contributed by atoms with E-state index in [2.05, 4.69) is 9.91 Å². The number of carbonyl (C=O) groups excluding carboxylic acids is 2. The van der Waals surface area contributed by atoms with Crippen molar-refractivity contribution in [3.8, 4) is 0 Å². The van der Waals surface area contributed by atoms with Crippen LogP contribution in [0.5, 0.6) is 0 Å². The number of aliphatic hydroxyl groups is 1. The van der Waals surface area contributed by atoms with Crippen LogP contribution in [-0.4, -0.2) is 23.5 Å². The quantitative estimate of drug-likeness (QED) is 0.310. The van der Waals surface area contributed by atoms with E-state index in [1.807, 2.05) is 0 Å². The van der Waals surface area contributed by atoms with Gasteiger partial charge in [0, 0.05) is 6.92 Å². The van der Waals surface area contributed by atoms with Crippen LogP contribution in [0.4, 0.5) is 0 Å². The summed E-state index contributed by atoms with van der Waals surface area (Å²) in [7, 11) is 0. The highest BCUT2D eigenvalue weighted by Crippen LogP contribution is 2.09. The minimum absolute atomic E-state index is 0.163. The van der Waals surface area contributed by atoms with Gasteiger partial charge in [0.25, 0.3) is 0 Å². The first-order chi connectivity index (χ1) is 6.52. The van der Waals surface area contributed by atoms with E-state index < -0.39 is 29.6 Å². The van der Waals surface area contributed by atoms with Crippen LogP contribution < -0.4 is 0 Å². The lowest BCUT2D eigenvalue weighted by atomic mass is 10.2. The maximum absolute atomic E-state index is 10.8. The third kappa shape index (κ3) is 3.79. The molecule has 0 unspecified atom stereocenters. The number of rotatable bonds is 5. The summed E-state index contributed by atoms with van der Waals surface area (Å²) >= 11 is 0. The molecule has 1 N–H and O–H groups in total. The van der Waals surface area contributed by atoms with Gasteiger partial charge in [0.15, 0.2) is 11.5 Å². The number of carbonyl (C=O) groups is 2. The summed E-state index contributed by atoms with van der Waals surface area (Å²) in [6.45, 7) is 2.83. The van der Waals surface area contributed by atoms with Gasteiger partial charge in [-0.25, -0.2) is 0 Å². The molecule has 0 atom stereocenters. The number of ether oxygens (including phenoxy) is 1. The number of nitrogens with zero attached hydrogens (tertiary/aromatic N) is 1. The Labute approximate surface area is 80.5 Å². The van der Waals surface area contributed by atoms with E-state index in [0.717, 1.165) is 6.92 Å². The third-order valence-corrected chi connectivity index (χ3v) is 1.32. The lowest BCUT2D eigenvalue weighted by molar-refractivity contribution is -0.142. The fourth-order valence-electron chi connectivity index (χ4n) is 0.753. The van der Waals surface area contributed by atoms with E-state index in [-0.39, 0.29) is 6.61 Å². The topological polar surface area (TPSA) is 93.0 Å². The predicted octanol–water partition coefficient (Wildman–Crippen LogP) is 1.06. The van der Waals surface area contributed by atoms with Crippen molar-refractivity contribution in [2.24, 2.45) is 5.18 Å². The standard InChI is InChI=1S/C8H11NO5/c1-3-14-7(12)4-6(11)8(9-13)5(2)10/h11H,3-4H2,1-2H3. The predicted molar refractivity (Wildman–Crippen MR) is 47.4 cm³/mol. The highest BCUT2D eigenvalue weighted by Gasteiger charge is 2.15. The van der Waals surface area contributed by atoms with Crippen LogP contribution in [0.1, 0.15) is 20.3 Å². The van der Waals surface area contributed by atoms with Crippen LogP contribution in [-0.2, 0) is 14.3 Å².